The lowest BCUT2D eigenvalue weighted by Crippen LogP contribution is -2.52. The topological polar surface area (TPSA) is 12.0 Å². The normalized spacial score (nSPS) is 29.4. The summed E-state index contributed by atoms with van der Waals surface area (Å²) in [5.74, 6) is 1.39. The lowest BCUT2D eigenvalue weighted by molar-refractivity contribution is 0.0257. The van der Waals surface area contributed by atoms with Gasteiger partial charge in [-0.2, -0.15) is 0 Å². The zero-order valence-corrected chi connectivity index (χ0v) is 18.2. The van der Waals surface area contributed by atoms with E-state index in [1.165, 1.54) is 43.2 Å². The summed E-state index contributed by atoms with van der Waals surface area (Å²) in [5.41, 5.74) is 6.90. The molecule has 1 heteroatoms. The molecule has 2 aliphatic rings. The van der Waals surface area contributed by atoms with Crippen LogP contribution < -0.4 is 5.32 Å². The number of fused-ring (bicyclic) bond motifs is 3. The summed E-state index contributed by atoms with van der Waals surface area (Å²) in [5, 5.41) is 3.81. The van der Waals surface area contributed by atoms with Crippen molar-refractivity contribution in [3.05, 3.63) is 70.8 Å². The molecule has 1 nitrogen and oxygen atoms in total. The molecule has 0 heterocycles. The Kier molecular flexibility index (Phi) is 5.40. The lowest BCUT2D eigenvalue weighted by atomic mass is 9.49. The Morgan fingerprint density at radius 2 is 1.82 bits per heavy atom. The van der Waals surface area contributed by atoms with E-state index >= 15 is 0 Å². The highest BCUT2D eigenvalue weighted by Crippen LogP contribution is 2.57. The van der Waals surface area contributed by atoms with E-state index < -0.39 is 0 Å². The maximum absolute atomic E-state index is 3.81. The van der Waals surface area contributed by atoms with Crippen molar-refractivity contribution in [1.29, 1.82) is 0 Å². The van der Waals surface area contributed by atoms with Gasteiger partial charge in [0.15, 0.2) is 0 Å². The summed E-state index contributed by atoms with van der Waals surface area (Å²) in [7, 11) is 0. The highest BCUT2D eigenvalue weighted by Gasteiger charge is 2.51. The van der Waals surface area contributed by atoms with Crippen molar-refractivity contribution in [2.75, 3.05) is 6.54 Å². The number of rotatable bonds is 5. The van der Waals surface area contributed by atoms with E-state index in [1.54, 1.807) is 11.1 Å². The van der Waals surface area contributed by atoms with E-state index in [2.05, 4.69) is 81.5 Å². The number of nitrogens with one attached hydrogen (secondary N) is 1. The molecule has 3 atom stereocenters. The standard InChI is InChI=1S/C27H37N/c1-20(2)22-11-13-24-23(17-22)12-14-25-26(3,15-8-16-27(24,25)4)19-28-18-21-9-6-5-7-10-21/h5-7,9-11,13,17,20,25,28H,8,12,14-16,18-19H2,1-4H3/t25-,26-,27+/m0/s1. The molecule has 0 radical (unpaired) electrons. The summed E-state index contributed by atoms with van der Waals surface area (Å²) in [6.45, 7) is 11.9. The maximum Gasteiger partial charge on any atom is 0.0205 e. The summed E-state index contributed by atoms with van der Waals surface area (Å²) >= 11 is 0. The van der Waals surface area contributed by atoms with Gasteiger partial charge in [-0.3, -0.25) is 0 Å². The Bertz CT molecular complexity index is 808. The van der Waals surface area contributed by atoms with Crippen LogP contribution >= 0.6 is 0 Å². The highest BCUT2D eigenvalue weighted by molar-refractivity contribution is 5.42. The van der Waals surface area contributed by atoms with Crippen molar-refractivity contribution in [3.63, 3.8) is 0 Å². The van der Waals surface area contributed by atoms with Crippen molar-refractivity contribution in [1.82, 2.24) is 5.32 Å². The molecule has 0 amide bonds. The Morgan fingerprint density at radius 3 is 2.57 bits per heavy atom. The average Bonchev–Trinajstić information content (AvgIpc) is 2.68. The Morgan fingerprint density at radius 1 is 1.04 bits per heavy atom. The van der Waals surface area contributed by atoms with E-state index in [4.69, 9.17) is 0 Å². The SMILES string of the molecule is CC(C)c1ccc2c(c1)CC[C@H]1[C@](C)(CNCc3ccccc3)CCC[C@]21C. The Balaban J connectivity index is 1.54. The minimum absolute atomic E-state index is 0.338. The third-order valence-electron chi connectivity index (χ3n) is 7.87. The molecule has 4 rings (SSSR count). The fourth-order valence-corrected chi connectivity index (χ4v) is 6.30. The number of benzene rings is 2. The van der Waals surface area contributed by atoms with Gasteiger partial charge in [0.25, 0.3) is 0 Å². The first kappa shape index (κ1) is 19.7. The fourth-order valence-electron chi connectivity index (χ4n) is 6.30. The quantitative estimate of drug-likeness (QED) is 0.620. The van der Waals surface area contributed by atoms with Gasteiger partial charge >= 0.3 is 0 Å². The smallest absolute Gasteiger partial charge is 0.0205 e. The van der Waals surface area contributed by atoms with Crippen LogP contribution in [0.15, 0.2) is 48.5 Å². The minimum Gasteiger partial charge on any atom is -0.312 e. The number of aryl methyl sites for hydroxylation is 1. The summed E-state index contributed by atoms with van der Waals surface area (Å²) in [6, 6.07) is 18.2. The van der Waals surface area contributed by atoms with E-state index in [1.807, 2.05) is 0 Å². The molecule has 2 aliphatic carbocycles. The molecule has 1 saturated carbocycles. The van der Waals surface area contributed by atoms with Gasteiger partial charge in [-0.1, -0.05) is 82.6 Å². The molecule has 150 valence electrons. The molecule has 0 saturated heterocycles. The molecular formula is C27H37N. The molecule has 28 heavy (non-hydrogen) atoms. The first-order valence-electron chi connectivity index (χ1n) is 11.3. The van der Waals surface area contributed by atoms with E-state index in [9.17, 15) is 0 Å². The first-order chi connectivity index (χ1) is 13.4. The molecule has 1 N–H and O–H groups in total. The molecule has 0 unspecified atom stereocenters. The van der Waals surface area contributed by atoms with Gasteiger partial charge in [-0.25, -0.2) is 0 Å². The predicted octanol–water partition coefficient (Wildman–Crippen LogP) is 6.61. The third kappa shape index (κ3) is 3.54. The number of hydrogen-bond acceptors (Lipinski definition) is 1. The molecule has 0 bridgehead atoms. The number of hydrogen-bond donors (Lipinski definition) is 1. The first-order valence-corrected chi connectivity index (χ1v) is 11.3. The van der Waals surface area contributed by atoms with Crippen molar-refractivity contribution in [2.24, 2.45) is 11.3 Å². The van der Waals surface area contributed by atoms with Crippen LogP contribution in [0.5, 0.6) is 0 Å². The summed E-state index contributed by atoms with van der Waals surface area (Å²) in [6.07, 6.45) is 6.65. The highest BCUT2D eigenvalue weighted by atomic mass is 14.9. The zero-order valence-electron chi connectivity index (χ0n) is 18.2. The van der Waals surface area contributed by atoms with Crippen LogP contribution in [0, 0.1) is 11.3 Å². The van der Waals surface area contributed by atoms with Gasteiger partial charge in [0, 0.05) is 13.1 Å². The Hall–Kier alpha value is -1.60. The lowest BCUT2D eigenvalue weighted by Gasteiger charge is -2.55. The van der Waals surface area contributed by atoms with Gasteiger partial charge in [0.1, 0.15) is 0 Å². The van der Waals surface area contributed by atoms with Gasteiger partial charge in [0.2, 0.25) is 0 Å². The van der Waals surface area contributed by atoms with Crippen molar-refractivity contribution < 1.29 is 0 Å². The molecule has 0 aliphatic heterocycles. The molecular weight excluding hydrogens is 338 g/mol. The van der Waals surface area contributed by atoms with Crippen LogP contribution in [0.25, 0.3) is 0 Å². The van der Waals surface area contributed by atoms with Crippen LogP contribution in [0.4, 0.5) is 0 Å². The molecule has 0 spiro atoms. The molecule has 0 aromatic heterocycles. The average molecular weight is 376 g/mol. The van der Waals surface area contributed by atoms with E-state index in [0.29, 0.717) is 16.7 Å². The molecule has 2 aromatic rings. The van der Waals surface area contributed by atoms with Crippen LogP contribution in [0.2, 0.25) is 0 Å². The second-order valence-corrected chi connectivity index (χ2v) is 10.2. The van der Waals surface area contributed by atoms with Gasteiger partial charge in [0.05, 0.1) is 0 Å². The van der Waals surface area contributed by atoms with Crippen LogP contribution in [-0.4, -0.2) is 6.54 Å². The monoisotopic (exact) mass is 375 g/mol. The van der Waals surface area contributed by atoms with Crippen LogP contribution in [0.1, 0.15) is 81.5 Å². The van der Waals surface area contributed by atoms with Crippen LogP contribution in [0.3, 0.4) is 0 Å². The molecule has 2 aromatic carbocycles. The van der Waals surface area contributed by atoms with Crippen molar-refractivity contribution in [3.8, 4) is 0 Å². The second kappa shape index (κ2) is 7.67. The summed E-state index contributed by atoms with van der Waals surface area (Å²) in [4.78, 5) is 0. The maximum atomic E-state index is 3.81. The molecule has 1 fully saturated rings. The Labute approximate surface area is 172 Å². The van der Waals surface area contributed by atoms with Crippen LogP contribution in [-0.2, 0) is 18.4 Å². The zero-order chi connectivity index (χ0) is 19.8. The van der Waals surface area contributed by atoms with E-state index in [0.717, 1.165) is 19.0 Å². The minimum atomic E-state index is 0.338. The predicted molar refractivity (Wildman–Crippen MR) is 120 cm³/mol. The van der Waals surface area contributed by atoms with Gasteiger partial charge < -0.3 is 5.32 Å². The van der Waals surface area contributed by atoms with Gasteiger partial charge in [-0.15, -0.1) is 0 Å². The van der Waals surface area contributed by atoms with Crippen molar-refractivity contribution in [2.45, 2.75) is 77.7 Å². The van der Waals surface area contributed by atoms with Gasteiger partial charge in [-0.05, 0) is 70.6 Å². The summed E-state index contributed by atoms with van der Waals surface area (Å²) < 4.78 is 0. The third-order valence-corrected chi connectivity index (χ3v) is 7.87. The van der Waals surface area contributed by atoms with Crippen molar-refractivity contribution >= 4 is 0 Å². The fraction of sp³-hybridized carbons (Fsp3) is 0.556. The second-order valence-electron chi connectivity index (χ2n) is 10.2. The van der Waals surface area contributed by atoms with E-state index in [-0.39, 0.29) is 0 Å². The largest absolute Gasteiger partial charge is 0.312 e.